The Balaban J connectivity index is 2.00. The lowest BCUT2D eigenvalue weighted by atomic mass is 10.1. The van der Waals surface area contributed by atoms with Gasteiger partial charge in [0.15, 0.2) is 5.16 Å². The zero-order valence-corrected chi connectivity index (χ0v) is 15.7. The average molecular weight is 354 g/mol. The number of nitrogens with one attached hydrogen (secondary N) is 1. The zero-order valence-electron chi connectivity index (χ0n) is 14.1. The monoisotopic (exact) mass is 353 g/mol. The Kier molecular flexibility index (Phi) is 6.36. The summed E-state index contributed by atoms with van der Waals surface area (Å²) in [4.78, 5) is 22.2. The number of amides is 1. The van der Waals surface area contributed by atoms with E-state index >= 15 is 0 Å². The molecule has 0 fully saturated rings. The molecule has 0 atom stereocenters. The van der Waals surface area contributed by atoms with Crippen LogP contribution in [0.15, 0.2) is 23.4 Å². The minimum absolute atomic E-state index is 0.163. The largest absolute Gasteiger partial charge is 0.341 e. The number of hydrogen-bond donors (Lipinski definition) is 1. The number of carbonyl (C=O) groups excluding carboxylic acids is 1. The maximum atomic E-state index is 12.5. The molecule has 0 saturated heterocycles. The number of thioether (sulfide) groups is 1. The van der Waals surface area contributed by atoms with Crippen LogP contribution in [0, 0.1) is 11.8 Å². The van der Waals surface area contributed by atoms with Gasteiger partial charge in [-0.2, -0.15) is 0 Å². The van der Waals surface area contributed by atoms with Gasteiger partial charge in [-0.1, -0.05) is 51.1 Å². The maximum Gasteiger partial charge on any atom is 0.233 e. The minimum atomic E-state index is 0.163. The number of nitrogens with zero attached hydrogens (tertiary/aromatic N) is 2. The molecule has 0 bridgehead atoms. The summed E-state index contributed by atoms with van der Waals surface area (Å²) in [7, 11) is 0. The molecule has 0 aliphatic heterocycles. The SMILES string of the molecule is CC(C)CN(CC(C)C)C(=O)CSc1nc2ccc(Cl)cc2[nH]1. The van der Waals surface area contributed by atoms with E-state index in [1.807, 2.05) is 23.1 Å². The molecule has 0 radical (unpaired) electrons. The second-order valence-corrected chi connectivity index (χ2v) is 7.98. The van der Waals surface area contributed by atoms with Crippen LogP contribution in [0.3, 0.4) is 0 Å². The fourth-order valence-electron chi connectivity index (χ4n) is 2.41. The average Bonchev–Trinajstić information content (AvgIpc) is 2.85. The highest BCUT2D eigenvalue weighted by Crippen LogP contribution is 2.22. The third-order valence-electron chi connectivity index (χ3n) is 3.28. The van der Waals surface area contributed by atoms with Crippen LogP contribution in [0.4, 0.5) is 0 Å². The molecule has 2 aromatic rings. The highest BCUT2D eigenvalue weighted by molar-refractivity contribution is 7.99. The van der Waals surface area contributed by atoms with Crippen molar-refractivity contribution in [2.45, 2.75) is 32.9 Å². The summed E-state index contributed by atoms with van der Waals surface area (Å²) in [6.45, 7) is 10.1. The van der Waals surface area contributed by atoms with Crippen LogP contribution in [0.2, 0.25) is 5.02 Å². The topological polar surface area (TPSA) is 49.0 Å². The quantitative estimate of drug-likeness (QED) is 0.748. The molecular formula is C17H24ClN3OS. The molecule has 1 N–H and O–H groups in total. The number of hydrogen-bond acceptors (Lipinski definition) is 3. The van der Waals surface area contributed by atoms with Crippen LogP contribution in [-0.4, -0.2) is 39.6 Å². The first-order valence-electron chi connectivity index (χ1n) is 7.91. The number of carbonyl (C=O) groups is 1. The molecular weight excluding hydrogens is 330 g/mol. The highest BCUT2D eigenvalue weighted by Gasteiger charge is 2.17. The highest BCUT2D eigenvalue weighted by atomic mass is 35.5. The number of imidazole rings is 1. The number of aromatic nitrogens is 2. The Bertz CT molecular complexity index is 659. The van der Waals surface area contributed by atoms with Crippen molar-refractivity contribution in [3.63, 3.8) is 0 Å². The van der Waals surface area contributed by atoms with Gasteiger partial charge in [-0.3, -0.25) is 4.79 Å². The molecule has 126 valence electrons. The van der Waals surface area contributed by atoms with Gasteiger partial charge < -0.3 is 9.88 Å². The van der Waals surface area contributed by atoms with Gasteiger partial charge in [-0.25, -0.2) is 4.98 Å². The first-order chi connectivity index (χ1) is 10.8. The van der Waals surface area contributed by atoms with Crippen LogP contribution >= 0.6 is 23.4 Å². The van der Waals surface area contributed by atoms with Gasteiger partial charge in [-0.15, -0.1) is 0 Å². The van der Waals surface area contributed by atoms with E-state index in [0.29, 0.717) is 22.6 Å². The molecule has 1 heterocycles. The molecule has 0 saturated carbocycles. The number of H-pyrrole nitrogens is 1. The van der Waals surface area contributed by atoms with E-state index < -0.39 is 0 Å². The van der Waals surface area contributed by atoms with Crippen LogP contribution in [0.1, 0.15) is 27.7 Å². The normalized spacial score (nSPS) is 11.6. The third-order valence-corrected chi connectivity index (χ3v) is 4.37. The number of halogens is 1. The van der Waals surface area contributed by atoms with E-state index in [2.05, 4.69) is 37.7 Å². The van der Waals surface area contributed by atoms with E-state index in [1.54, 1.807) is 0 Å². The fraction of sp³-hybridized carbons (Fsp3) is 0.529. The van der Waals surface area contributed by atoms with Gasteiger partial charge in [0.1, 0.15) is 0 Å². The molecule has 6 heteroatoms. The molecule has 1 amide bonds. The number of benzene rings is 1. The number of aromatic amines is 1. The lowest BCUT2D eigenvalue weighted by Crippen LogP contribution is -2.38. The van der Waals surface area contributed by atoms with Gasteiger partial charge >= 0.3 is 0 Å². The first-order valence-corrected chi connectivity index (χ1v) is 9.27. The summed E-state index contributed by atoms with van der Waals surface area (Å²) in [5, 5.41) is 1.43. The van der Waals surface area contributed by atoms with Gasteiger partial charge in [-0.05, 0) is 30.0 Å². The summed E-state index contributed by atoms with van der Waals surface area (Å²) >= 11 is 7.42. The lowest BCUT2D eigenvalue weighted by molar-refractivity contribution is -0.129. The van der Waals surface area contributed by atoms with Crippen LogP contribution < -0.4 is 0 Å². The zero-order chi connectivity index (χ0) is 17.0. The lowest BCUT2D eigenvalue weighted by Gasteiger charge is -2.26. The Morgan fingerprint density at radius 3 is 2.52 bits per heavy atom. The second kappa shape index (κ2) is 8.06. The van der Waals surface area contributed by atoms with Crippen molar-refractivity contribution in [2.24, 2.45) is 11.8 Å². The van der Waals surface area contributed by atoms with Crippen LogP contribution in [-0.2, 0) is 4.79 Å². The van der Waals surface area contributed by atoms with Crippen molar-refractivity contribution in [1.82, 2.24) is 14.9 Å². The van der Waals surface area contributed by atoms with Gasteiger partial charge in [0.2, 0.25) is 5.91 Å². The summed E-state index contributed by atoms with van der Waals surface area (Å²) in [6, 6.07) is 5.54. The Morgan fingerprint density at radius 1 is 1.26 bits per heavy atom. The molecule has 2 rings (SSSR count). The van der Waals surface area contributed by atoms with E-state index in [0.717, 1.165) is 29.3 Å². The van der Waals surface area contributed by atoms with E-state index in [9.17, 15) is 4.79 Å². The predicted molar refractivity (Wildman–Crippen MR) is 98.1 cm³/mol. The Hall–Kier alpha value is -1.20. The standard InChI is InChI=1S/C17H24ClN3OS/c1-11(2)8-21(9-12(3)4)16(22)10-23-17-19-14-6-5-13(18)7-15(14)20-17/h5-7,11-12H,8-10H2,1-4H3,(H,19,20). The molecule has 23 heavy (non-hydrogen) atoms. The van der Waals surface area contributed by atoms with Crippen molar-refractivity contribution in [3.8, 4) is 0 Å². The summed E-state index contributed by atoms with van der Waals surface area (Å²) < 4.78 is 0. The van der Waals surface area contributed by atoms with E-state index in [4.69, 9.17) is 11.6 Å². The van der Waals surface area contributed by atoms with Crippen LogP contribution in [0.5, 0.6) is 0 Å². The van der Waals surface area contributed by atoms with Crippen molar-refractivity contribution >= 4 is 40.3 Å². The summed E-state index contributed by atoms with van der Waals surface area (Å²) in [5.74, 6) is 1.50. The van der Waals surface area contributed by atoms with Gasteiger partial charge in [0.05, 0.1) is 16.8 Å². The summed E-state index contributed by atoms with van der Waals surface area (Å²) in [6.07, 6.45) is 0. The maximum absolute atomic E-state index is 12.5. The molecule has 0 unspecified atom stereocenters. The van der Waals surface area contributed by atoms with Crippen molar-refractivity contribution < 1.29 is 4.79 Å². The molecule has 4 nitrogen and oxygen atoms in total. The van der Waals surface area contributed by atoms with Crippen LogP contribution in [0.25, 0.3) is 11.0 Å². The summed E-state index contributed by atoms with van der Waals surface area (Å²) in [5.41, 5.74) is 1.76. The van der Waals surface area contributed by atoms with E-state index in [1.165, 1.54) is 11.8 Å². The molecule has 1 aromatic carbocycles. The van der Waals surface area contributed by atoms with Crippen molar-refractivity contribution in [3.05, 3.63) is 23.2 Å². The van der Waals surface area contributed by atoms with Gasteiger partial charge in [0.25, 0.3) is 0 Å². The molecule has 0 aliphatic rings. The first kappa shape index (κ1) is 18.1. The fourth-order valence-corrected chi connectivity index (χ4v) is 3.37. The predicted octanol–water partition coefficient (Wildman–Crippen LogP) is 4.45. The van der Waals surface area contributed by atoms with Gasteiger partial charge in [0, 0.05) is 18.1 Å². The molecule has 0 aliphatic carbocycles. The van der Waals surface area contributed by atoms with E-state index in [-0.39, 0.29) is 5.91 Å². The molecule has 0 spiro atoms. The Morgan fingerprint density at radius 2 is 1.91 bits per heavy atom. The second-order valence-electron chi connectivity index (χ2n) is 6.58. The Labute approximate surface area is 147 Å². The minimum Gasteiger partial charge on any atom is -0.341 e. The number of fused-ring (bicyclic) bond motifs is 1. The smallest absolute Gasteiger partial charge is 0.233 e. The van der Waals surface area contributed by atoms with Crippen molar-refractivity contribution in [2.75, 3.05) is 18.8 Å². The third kappa shape index (κ3) is 5.43. The molecule has 1 aromatic heterocycles. The number of rotatable bonds is 7. The van der Waals surface area contributed by atoms with Crippen molar-refractivity contribution in [1.29, 1.82) is 0 Å².